The average molecular weight is 418 g/mol. The molecule has 0 heterocycles. The largest absolute Gasteiger partial charge is 0.451 e. The molecule has 7 heteroatoms. The van der Waals surface area contributed by atoms with E-state index in [9.17, 15) is 18.0 Å². The van der Waals surface area contributed by atoms with E-state index in [4.69, 9.17) is 4.74 Å². The highest BCUT2D eigenvalue weighted by molar-refractivity contribution is 7.89. The van der Waals surface area contributed by atoms with Crippen molar-refractivity contribution in [1.82, 2.24) is 4.31 Å². The number of rotatable bonds is 8. The van der Waals surface area contributed by atoms with Crippen molar-refractivity contribution in [2.45, 2.75) is 45.6 Å². The molecule has 0 fully saturated rings. The number of ether oxygens (including phenoxy) is 1. The van der Waals surface area contributed by atoms with Crippen molar-refractivity contribution < 1.29 is 22.7 Å². The van der Waals surface area contributed by atoms with E-state index in [1.807, 2.05) is 19.1 Å². The smallest absolute Gasteiger partial charge is 0.338 e. The van der Waals surface area contributed by atoms with E-state index in [2.05, 4.69) is 0 Å². The maximum absolute atomic E-state index is 12.9. The van der Waals surface area contributed by atoms with Crippen molar-refractivity contribution >= 4 is 21.8 Å². The van der Waals surface area contributed by atoms with E-state index in [1.54, 1.807) is 39.0 Å². The van der Waals surface area contributed by atoms with Gasteiger partial charge in [0.2, 0.25) is 15.8 Å². The van der Waals surface area contributed by atoms with Gasteiger partial charge in [-0.05, 0) is 38.5 Å². The van der Waals surface area contributed by atoms with Gasteiger partial charge in [0.05, 0.1) is 10.5 Å². The van der Waals surface area contributed by atoms with Gasteiger partial charge in [-0.3, -0.25) is 4.79 Å². The van der Waals surface area contributed by atoms with Crippen LogP contribution in [0.3, 0.4) is 0 Å². The first-order valence-electron chi connectivity index (χ1n) is 9.54. The first-order chi connectivity index (χ1) is 13.6. The Morgan fingerprint density at radius 2 is 1.52 bits per heavy atom. The number of aryl methyl sites for hydroxylation is 2. The van der Waals surface area contributed by atoms with Crippen LogP contribution < -0.4 is 0 Å². The summed E-state index contributed by atoms with van der Waals surface area (Å²) in [5.74, 6) is -1.06. The van der Waals surface area contributed by atoms with Gasteiger partial charge in [-0.1, -0.05) is 49.7 Å². The number of benzene rings is 2. The molecule has 29 heavy (non-hydrogen) atoms. The van der Waals surface area contributed by atoms with Gasteiger partial charge in [-0.2, -0.15) is 4.31 Å². The zero-order valence-corrected chi connectivity index (χ0v) is 18.2. The second-order valence-corrected chi connectivity index (χ2v) is 8.75. The lowest BCUT2D eigenvalue weighted by molar-refractivity contribution is 0.0318. The Kier molecular flexibility index (Phi) is 7.32. The molecular weight excluding hydrogens is 390 g/mol. The van der Waals surface area contributed by atoms with Gasteiger partial charge in [0.15, 0.2) is 6.10 Å². The zero-order valence-electron chi connectivity index (χ0n) is 17.4. The molecule has 0 aliphatic rings. The topological polar surface area (TPSA) is 80.8 Å². The zero-order chi connectivity index (χ0) is 21.8. The number of carbonyl (C=O) groups is 2. The summed E-state index contributed by atoms with van der Waals surface area (Å²) in [4.78, 5) is 25.1. The first-order valence-corrected chi connectivity index (χ1v) is 11.0. The van der Waals surface area contributed by atoms with Gasteiger partial charge in [-0.25, -0.2) is 13.2 Å². The fraction of sp³-hybridized carbons (Fsp3) is 0.364. The minimum atomic E-state index is -3.72. The molecule has 1 atom stereocenters. The molecule has 0 saturated heterocycles. The van der Waals surface area contributed by atoms with Crippen LogP contribution in [0.1, 0.15) is 52.6 Å². The monoisotopic (exact) mass is 417 g/mol. The molecule has 2 aromatic carbocycles. The second kappa shape index (κ2) is 9.33. The highest BCUT2D eigenvalue weighted by atomic mass is 32.2. The quantitative estimate of drug-likeness (QED) is 0.483. The Balaban J connectivity index is 2.25. The average Bonchev–Trinajstić information content (AvgIpc) is 2.68. The Hall–Kier alpha value is -2.51. The van der Waals surface area contributed by atoms with Crippen molar-refractivity contribution in [3.63, 3.8) is 0 Å². The maximum Gasteiger partial charge on any atom is 0.338 e. The SMILES string of the molecule is CCN(CC)S(=O)(=O)c1cc(C(=O)O[C@H](C)C(=O)c2ccc(C)cc2)ccc1C. The summed E-state index contributed by atoms with van der Waals surface area (Å²) in [7, 11) is -3.72. The van der Waals surface area contributed by atoms with Crippen molar-refractivity contribution in [2.24, 2.45) is 0 Å². The summed E-state index contributed by atoms with van der Waals surface area (Å²) < 4.78 is 32.3. The van der Waals surface area contributed by atoms with E-state index >= 15 is 0 Å². The number of ketones is 1. The molecule has 0 aliphatic heterocycles. The van der Waals surface area contributed by atoms with Crippen LogP contribution in [0.15, 0.2) is 47.4 Å². The van der Waals surface area contributed by atoms with E-state index < -0.39 is 22.1 Å². The van der Waals surface area contributed by atoms with Crippen LogP contribution >= 0.6 is 0 Å². The number of sulfonamides is 1. The number of carbonyl (C=O) groups excluding carboxylic acids is 2. The highest BCUT2D eigenvalue weighted by Gasteiger charge is 2.26. The summed E-state index contributed by atoms with van der Waals surface area (Å²) in [5.41, 5.74) is 2.10. The molecule has 2 rings (SSSR count). The molecule has 156 valence electrons. The van der Waals surface area contributed by atoms with Crippen LogP contribution in [-0.4, -0.2) is 43.7 Å². The molecule has 0 N–H and O–H groups in total. The third kappa shape index (κ3) is 5.10. The molecular formula is C22H27NO5S. The molecule has 0 amide bonds. The van der Waals surface area contributed by atoms with Crippen LogP contribution in [-0.2, 0) is 14.8 Å². The summed E-state index contributed by atoms with van der Waals surface area (Å²) >= 11 is 0. The molecule has 0 spiro atoms. The van der Waals surface area contributed by atoms with Gasteiger partial charge in [0.25, 0.3) is 0 Å². The van der Waals surface area contributed by atoms with E-state index in [0.717, 1.165) is 5.56 Å². The molecule has 2 aromatic rings. The summed E-state index contributed by atoms with van der Waals surface area (Å²) in [6, 6.07) is 11.4. The molecule has 6 nitrogen and oxygen atoms in total. The standard InChI is InChI=1S/C22H27NO5S/c1-6-23(7-2)29(26,27)20-14-19(13-10-16(20)4)22(25)28-17(5)21(24)18-11-8-15(3)9-12-18/h8-14,17H,6-7H2,1-5H3/t17-/m1/s1. The number of Topliss-reactive ketones (excluding diaryl/α,β-unsaturated/α-hetero) is 1. The molecule has 0 aliphatic carbocycles. The van der Waals surface area contributed by atoms with Gasteiger partial charge in [-0.15, -0.1) is 0 Å². The van der Waals surface area contributed by atoms with Crippen LogP contribution in [0.2, 0.25) is 0 Å². The molecule has 0 bridgehead atoms. The van der Waals surface area contributed by atoms with Crippen LogP contribution in [0.5, 0.6) is 0 Å². The number of esters is 1. The van der Waals surface area contributed by atoms with Gasteiger partial charge < -0.3 is 4.74 Å². The van der Waals surface area contributed by atoms with Crippen molar-refractivity contribution in [3.05, 3.63) is 64.7 Å². The summed E-state index contributed by atoms with van der Waals surface area (Å²) in [6.45, 7) is 9.26. The lowest BCUT2D eigenvalue weighted by atomic mass is 10.1. The first kappa shape index (κ1) is 22.8. The normalized spacial score (nSPS) is 12.6. The summed E-state index contributed by atoms with van der Waals surface area (Å²) in [6.07, 6.45) is -0.991. The molecule has 0 aromatic heterocycles. The van der Waals surface area contributed by atoms with Crippen molar-refractivity contribution in [3.8, 4) is 0 Å². The summed E-state index contributed by atoms with van der Waals surface area (Å²) in [5, 5.41) is 0. The Labute approximate surface area is 172 Å². The van der Waals surface area contributed by atoms with Crippen molar-refractivity contribution in [1.29, 1.82) is 0 Å². The second-order valence-electron chi connectivity index (χ2n) is 6.85. The van der Waals surface area contributed by atoms with E-state index in [-0.39, 0.29) is 16.2 Å². The Morgan fingerprint density at radius 1 is 0.966 bits per heavy atom. The predicted octanol–water partition coefficient (Wildman–Crippen LogP) is 3.76. The Bertz CT molecular complexity index is 992. The van der Waals surface area contributed by atoms with Gasteiger partial charge in [0, 0.05) is 18.7 Å². The molecule has 0 saturated carbocycles. The fourth-order valence-electron chi connectivity index (χ4n) is 2.94. The third-order valence-corrected chi connectivity index (χ3v) is 6.93. The third-order valence-electron chi connectivity index (χ3n) is 4.74. The highest BCUT2D eigenvalue weighted by Crippen LogP contribution is 2.22. The lowest BCUT2D eigenvalue weighted by Gasteiger charge is -2.20. The Morgan fingerprint density at radius 3 is 2.07 bits per heavy atom. The van der Waals surface area contributed by atoms with Crippen LogP contribution in [0.25, 0.3) is 0 Å². The van der Waals surface area contributed by atoms with Crippen LogP contribution in [0.4, 0.5) is 0 Å². The van der Waals surface area contributed by atoms with E-state index in [1.165, 1.54) is 23.4 Å². The minimum absolute atomic E-state index is 0.0631. The number of hydrogen-bond donors (Lipinski definition) is 0. The predicted molar refractivity (Wildman–Crippen MR) is 112 cm³/mol. The van der Waals surface area contributed by atoms with E-state index in [0.29, 0.717) is 24.2 Å². The maximum atomic E-state index is 12.9. The number of hydrogen-bond acceptors (Lipinski definition) is 5. The van der Waals surface area contributed by atoms with Crippen LogP contribution in [0, 0.1) is 13.8 Å². The van der Waals surface area contributed by atoms with Crippen molar-refractivity contribution in [2.75, 3.05) is 13.1 Å². The van der Waals surface area contributed by atoms with Gasteiger partial charge in [0.1, 0.15) is 0 Å². The molecule has 0 unspecified atom stereocenters. The lowest BCUT2D eigenvalue weighted by Crippen LogP contribution is -2.31. The fourth-order valence-corrected chi connectivity index (χ4v) is 4.65. The van der Waals surface area contributed by atoms with Gasteiger partial charge >= 0.3 is 5.97 Å². The number of nitrogens with zero attached hydrogens (tertiary/aromatic N) is 1. The minimum Gasteiger partial charge on any atom is -0.451 e. The molecule has 0 radical (unpaired) electrons.